The molecule has 0 aliphatic carbocycles. The van der Waals surface area contributed by atoms with Crippen LogP contribution in [-0.4, -0.2) is 12.1 Å². The minimum atomic E-state index is 0.0317. The largest absolute Gasteiger partial charge is 0.462 e. The Morgan fingerprint density at radius 3 is 2.37 bits per heavy atom. The molecule has 0 saturated carbocycles. The van der Waals surface area contributed by atoms with Crippen LogP contribution < -0.4 is 0 Å². The van der Waals surface area contributed by atoms with Gasteiger partial charge in [-0.2, -0.15) is 0 Å². The topological polar surface area (TPSA) is 26.3 Å². The first-order valence-corrected chi connectivity index (χ1v) is 8.52. The standard InChI is InChI=1S/C17H32O2/c1-2-3-4-5-6-7-8-10-13-16-14-11-9-12-15-17(18)19-16/h16H,2-15H2,1H3. The molecule has 2 nitrogen and oxygen atoms in total. The second-order valence-electron chi connectivity index (χ2n) is 5.97. The van der Waals surface area contributed by atoms with E-state index in [0.29, 0.717) is 6.42 Å². The smallest absolute Gasteiger partial charge is 0.306 e. The zero-order valence-electron chi connectivity index (χ0n) is 12.8. The molecule has 1 fully saturated rings. The molecule has 0 aromatic rings. The second kappa shape index (κ2) is 11.3. The molecule has 1 aliphatic heterocycles. The van der Waals surface area contributed by atoms with Crippen molar-refractivity contribution in [3.05, 3.63) is 0 Å². The molecule has 0 aromatic heterocycles. The third kappa shape index (κ3) is 9.07. The molecule has 1 aliphatic rings. The maximum Gasteiger partial charge on any atom is 0.306 e. The molecule has 19 heavy (non-hydrogen) atoms. The van der Waals surface area contributed by atoms with Gasteiger partial charge in [0.05, 0.1) is 0 Å². The van der Waals surface area contributed by atoms with Crippen molar-refractivity contribution in [1.82, 2.24) is 0 Å². The predicted octanol–water partition coefficient (Wildman–Crippen LogP) is 5.39. The van der Waals surface area contributed by atoms with Gasteiger partial charge in [0.1, 0.15) is 6.10 Å². The van der Waals surface area contributed by atoms with Crippen LogP contribution in [0.1, 0.15) is 96.8 Å². The van der Waals surface area contributed by atoms with Gasteiger partial charge in [0.15, 0.2) is 0 Å². The Bertz CT molecular complexity index is 225. The minimum Gasteiger partial charge on any atom is -0.462 e. The third-order valence-corrected chi connectivity index (χ3v) is 4.08. The minimum absolute atomic E-state index is 0.0317. The third-order valence-electron chi connectivity index (χ3n) is 4.08. The predicted molar refractivity (Wildman–Crippen MR) is 80.2 cm³/mol. The molecule has 1 heterocycles. The van der Waals surface area contributed by atoms with Crippen LogP contribution in [-0.2, 0) is 9.53 Å². The number of hydrogen-bond acceptors (Lipinski definition) is 2. The number of carbonyl (C=O) groups is 1. The fraction of sp³-hybridized carbons (Fsp3) is 0.941. The normalized spacial score (nSPS) is 20.7. The number of esters is 1. The second-order valence-corrected chi connectivity index (χ2v) is 5.97. The summed E-state index contributed by atoms with van der Waals surface area (Å²) >= 11 is 0. The number of ether oxygens (including phenoxy) is 1. The van der Waals surface area contributed by atoms with Gasteiger partial charge in [-0.15, -0.1) is 0 Å². The van der Waals surface area contributed by atoms with Crippen LogP contribution in [0.25, 0.3) is 0 Å². The van der Waals surface area contributed by atoms with Crippen molar-refractivity contribution in [3.63, 3.8) is 0 Å². The maximum absolute atomic E-state index is 11.5. The number of hydrogen-bond donors (Lipinski definition) is 0. The highest BCUT2D eigenvalue weighted by atomic mass is 16.5. The Morgan fingerprint density at radius 1 is 0.947 bits per heavy atom. The molecule has 1 unspecified atom stereocenters. The van der Waals surface area contributed by atoms with Crippen LogP contribution in [0.4, 0.5) is 0 Å². The molecule has 2 heteroatoms. The van der Waals surface area contributed by atoms with E-state index in [-0.39, 0.29) is 12.1 Å². The lowest BCUT2D eigenvalue weighted by atomic mass is 10.0. The number of carbonyl (C=O) groups excluding carboxylic acids is 1. The van der Waals surface area contributed by atoms with Crippen molar-refractivity contribution in [2.45, 2.75) is 103 Å². The Balaban J connectivity index is 1.96. The summed E-state index contributed by atoms with van der Waals surface area (Å²) in [5.41, 5.74) is 0. The average Bonchev–Trinajstić information content (AvgIpc) is 2.38. The van der Waals surface area contributed by atoms with E-state index in [4.69, 9.17) is 4.74 Å². The Labute approximate surface area is 119 Å². The zero-order chi connectivity index (χ0) is 13.8. The monoisotopic (exact) mass is 268 g/mol. The number of rotatable bonds is 9. The van der Waals surface area contributed by atoms with Crippen molar-refractivity contribution in [2.75, 3.05) is 0 Å². The molecule has 0 N–H and O–H groups in total. The van der Waals surface area contributed by atoms with Gasteiger partial charge in [-0.25, -0.2) is 0 Å². The fourth-order valence-corrected chi connectivity index (χ4v) is 2.83. The summed E-state index contributed by atoms with van der Waals surface area (Å²) in [6.07, 6.45) is 17.2. The molecule has 0 aromatic carbocycles. The summed E-state index contributed by atoms with van der Waals surface area (Å²) in [6.45, 7) is 2.26. The molecule has 0 amide bonds. The lowest BCUT2D eigenvalue weighted by molar-refractivity contribution is -0.150. The molecule has 112 valence electrons. The van der Waals surface area contributed by atoms with Crippen LogP contribution in [0.3, 0.4) is 0 Å². The average molecular weight is 268 g/mol. The summed E-state index contributed by atoms with van der Waals surface area (Å²) in [4.78, 5) is 11.5. The maximum atomic E-state index is 11.5. The first kappa shape index (κ1) is 16.5. The SMILES string of the molecule is CCCCCCCCCCC1CCCCCC(=O)O1. The Morgan fingerprint density at radius 2 is 1.63 bits per heavy atom. The molecule has 0 radical (unpaired) electrons. The van der Waals surface area contributed by atoms with E-state index in [2.05, 4.69) is 6.92 Å². The zero-order valence-corrected chi connectivity index (χ0v) is 12.8. The summed E-state index contributed by atoms with van der Waals surface area (Å²) < 4.78 is 5.51. The molecule has 1 rings (SSSR count). The van der Waals surface area contributed by atoms with Crippen LogP contribution in [0.5, 0.6) is 0 Å². The van der Waals surface area contributed by atoms with E-state index in [9.17, 15) is 4.79 Å². The number of cyclic esters (lactones) is 1. The van der Waals surface area contributed by atoms with E-state index in [1.165, 1.54) is 64.2 Å². The summed E-state index contributed by atoms with van der Waals surface area (Å²) in [5, 5.41) is 0. The fourth-order valence-electron chi connectivity index (χ4n) is 2.83. The van der Waals surface area contributed by atoms with Crippen LogP contribution in [0.2, 0.25) is 0 Å². The van der Waals surface area contributed by atoms with Crippen molar-refractivity contribution >= 4 is 5.97 Å². The van der Waals surface area contributed by atoms with Gasteiger partial charge in [0.2, 0.25) is 0 Å². The quantitative estimate of drug-likeness (QED) is 0.414. The molecule has 1 saturated heterocycles. The van der Waals surface area contributed by atoms with Gasteiger partial charge in [0, 0.05) is 6.42 Å². The van der Waals surface area contributed by atoms with E-state index < -0.39 is 0 Å². The molecule has 1 atom stereocenters. The van der Waals surface area contributed by atoms with Gasteiger partial charge in [0.25, 0.3) is 0 Å². The van der Waals surface area contributed by atoms with Crippen LogP contribution >= 0.6 is 0 Å². The Hall–Kier alpha value is -0.530. The molecule has 0 spiro atoms. The molecular weight excluding hydrogens is 236 g/mol. The van der Waals surface area contributed by atoms with Gasteiger partial charge in [-0.1, -0.05) is 58.3 Å². The van der Waals surface area contributed by atoms with Crippen molar-refractivity contribution in [2.24, 2.45) is 0 Å². The van der Waals surface area contributed by atoms with Gasteiger partial charge in [-0.3, -0.25) is 4.79 Å². The molecular formula is C17H32O2. The summed E-state index contributed by atoms with van der Waals surface area (Å²) in [6, 6.07) is 0. The van der Waals surface area contributed by atoms with E-state index in [1.54, 1.807) is 0 Å². The van der Waals surface area contributed by atoms with Gasteiger partial charge < -0.3 is 4.74 Å². The van der Waals surface area contributed by atoms with E-state index >= 15 is 0 Å². The van der Waals surface area contributed by atoms with Crippen molar-refractivity contribution in [3.8, 4) is 0 Å². The van der Waals surface area contributed by atoms with Gasteiger partial charge in [-0.05, 0) is 32.1 Å². The Kier molecular flexibility index (Phi) is 9.84. The van der Waals surface area contributed by atoms with Crippen molar-refractivity contribution in [1.29, 1.82) is 0 Å². The van der Waals surface area contributed by atoms with Gasteiger partial charge >= 0.3 is 5.97 Å². The van der Waals surface area contributed by atoms with E-state index in [1.807, 2.05) is 0 Å². The summed E-state index contributed by atoms with van der Waals surface area (Å²) in [7, 11) is 0. The first-order valence-electron chi connectivity index (χ1n) is 8.52. The number of unbranched alkanes of at least 4 members (excludes halogenated alkanes) is 7. The molecule has 0 bridgehead atoms. The highest BCUT2D eigenvalue weighted by Crippen LogP contribution is 2.19. The van der Waals surface area contributed by atoms with Crippen LogP contribution in [0, 0.1) is 0 Å². The lowest BCUT2D eigenvalue weighted by Gasteiger charge is -2.20. The highest BCUT2D eigenvalue weighted by Gasteiger charge is 2.16. The highest BCUT2D eigenvalue weighted by molar-refractivity contribution is 5.69. The van der Waals surface area contributed by atoms with E-state index in [0.717, 1.165) is 19.3 Å². The van der Waals surface area contributed by atoms with Crippen molar-refractivity contribution < 1.29 is 9.53 Å². The first-order chi connectivity index (χ1) is 9.33. The lowest BCUT2D eigenvalue weighted by Crippen LogP contribution is -2.20. The summed E-state index contributed by atoms with van der Waals surface area (Å²) in [5.74, 6) is 0.0317. The van der Waals surface area contributed by atoms with Crippen LogP contribution in [0.15, 0.2) is 0 Å².